The van der Waals surface area contributed by atoms with Gasteiger partial charge in [0.05, 0.1) is 4.92 Å². The second kappa shape index (κ2) is 4.98. The van der Waals surface area contributed by atoms with Gasteiger partial charge in [0, 0.05) is 31.8 Å². The monoisotopic (exact) mass is 248 g/mol. The summed E-state index contributed by atoms with van der Waals surface area (Å²) in [6, 6.07) is 3.14. The third-order valence-electron chi connectivity index (χ3n) is 3.05. The van der Waals surface area contributed by atoms with Gasteiger partial charge in [0.15, 0.2) is 0 Å². The smallest absolute Gasteiger partial charge is 0.329 e. The molecule has 0 bridgehead atoms. The number of anilines is 1. The number of aromatic nitrogens is 1. The summed E-state index contributed by atoms with van der Waals surface area (Å²) in [5.74, 6) is 0.326. The summed E-state index contributed by atoms with van der Waals surface area (Å²) in [5.41, 5.74) is -0.240. The van der Waals surface area contributed by atoms with Gasteiger partial charge in [-0.15, -0.1) is 0 Å². The molecule has 2 rings (SSSR count). The fourth-order valence-corrected chi connectivity index (χ4v) is 2.12. The SMILES string of the molecule is N#Cc1ccnc(N2CCC(CO)C2)c1[N+](=O)[O-]. The first-order valence-electron chi connectivity index (χ1n) is 5.56. The Hall–Kier alpha value is -2.20. The Morgan fingerprint density at radius 1 is 1.72 bits per heavy atom. The maximum Gasteiger partial charge on any atom is 0.329 e. The summed E-state index contributed by atoms with van der Waals surface area (Å²) in [7, 11) is 0. The minimum Gasteiger partial charge on any atom is -0.396 e. The molecule has 1 aromatic rings. The molecule has 2 heterocycles. The maximum atomic E-state index is 11.0. The molecule has 0 radical (unpaired) electrons. The lowest BCUT2D eigenvalue weighted by molar-refractivity contribution is -0.384. The highest BCUT2D eigenvalue weighted by Crippen LogP contribution is 2.32. The molecule has 0 saturated carbocycles. The van der Waals surface area contributed by atoms with Gasteiger partial charge in [-0.05, 0) is 12.5 Å². The van der Waals surface area contributed by atoms with Crippen molar-refractivity contribution in [3.05, 3.63) is 27.9 Å². The number of hydrogen-bond donors (Lipinski definition) is 1. The lowest BCUT2D eigenvalue weighted by Crippen LogP contribution is -2.23. The molecule has 0 amide bonds. The number of aliphatic hydroxyl groups is 1. The van der Waals surface area contributed by atoms with E-state index in [2.05, 4.69) is 4.98 Å². The Balaban J connectivity index is 2.40. The first-order chi connectivity index (χ1) is 8.67. The van der Waals surface area contributed by atoms with Gasteiger partial charge in [-0.3, -0.25) is 10.1 Å². The molecule has 1 aliphatic heterocycles. The topological polar surface area (TPSA) is 103 Å². The van der Waals surface area contributed by atoms with Crippen LogP contribution < -0.4 is 4.90 Å². The molecule has 0 spiro atoms. The van der Waals surface area contributed by atoms with Gasteiger partial charge in [-0.1, -0.05) is 0 Å². The normalized spacial score (nSPS) is 18.7. The van der Waals surface area contributed by atoms with E-state index >= 15 is 0 Å². The van der Waals surface area contributed by atoms with Crippen LogP contribution in [0.1, 0.15) is 12.0 Å². The van der Waals surface area contributed by atoms with E-state index in [4.69, 9.17) is 10.4 Å². The van der Waals surface area contributed by atoms with Crippen molar-refractivity contribution in [2.75, 3.05) is 24.6 Å². The number of hydrogen-bond acceptors (Lipinski definition) is 6. The van der Waals surface area contributed by atoms with Gasteiger partial charge in [-0.25, -0.2) is 4.98 Å². The van der Waals surface area contributed by atoms with Crippen LogP contribution in [0.25, 0.3) is 0 Å². The Morgan fingerprint density at radius 3 is 3.06 bits per heavy atom. The lowest BCUT2D eigenvalue weighted by Gasteiger charge is -2.17. The summed E-state index contributed by atoms with van der Waals surface area (Å²) >= 11 is 0. The van der Waals surface area contributed by atoms with Gasteiger partial charge >= 0.3 is 5.69 Å². The van der Waals surface area contributed by atoms with Gasteiger partial charge in [0.2, 0.25) is 5.82 Å². The molecule has 1 aliphatic rings. The predicted octanol–water partition coefficient (Wildman–Crippen LogP) is 0.680. The Kier molecular flexibility index (Phi) is 3.39. The number of aliphatic hydroxyl groups excluding tert-OH is 1. The van der Waals surface area contributed by atoms with Crippen molar-refractivity contribution in [2.24, 2.45) is 5.92 Å². The van der Waals surface area contributed by atoms with E-state index in [1.807, 2.05) is 6.07 Å². The molecule has 0 aliphatic carbocycles. The van der Waals surface area contributed by atoms with E-state index in [1.165, 1.54) is 12.3 Å². The van der Waals surface area contributed by atoms with Gasteiger partial charge in [-0.2, -0.15) is 5.26 Å². The zero-order valence-corrected chi connectivity index (χ0v) is 9.61. The van der Waals surface area contributed by atoms with Crippen LogP contribution in [0.2, 0.25) is 0 Å². The van der Waals surface area contributed by atoms with E-state index in [0.29, 0.717) is 13.1 Å². The van der Waals surface area contributed by atoms with Crippen molar-refractivity contribution in [1.29, 1.82) is 5.26 Å². The van der Waals surface area contributed by atoms with Crippen molar-refractivity contribution >= 4 is 11.5 Å². The number of rotatable bonds is 3. The second-order valence-corrected chi connectivity index (χ2v) is 4.18. The largest absolute Gasteiger partial charge is 0.396 e. The second-order valence-electron chi connectivity index (χ2n) is 4.18. The van der Waals surface area contributed by atoms with E-state index in [1.54, 1.807) is 4.90 Å². The number of nitriles is 1. The van der Waals surface area contributed by atoms with Crippen molar-refractivity contribution in [3.63, 3.8) is 0 Å². The highest BCUT2D eigenvalue weighted by molar-refractivity contribution is 5.65. The van der Waals surface area contributed by atoms with Crippen molar-refractivity contribution < 1.29 is 10.0 Å². The summed E-state index contributed by atoms with van der Waals surface area (Å²) in [4.78, 5) is 16.2. The average molecular weight is 248 g/mol. The Bertz CT molecular complexity index is 512. The predicted molar refractivity (Wildman–Crippen MR) is 63.0 cm³/mol. The summed E-state index contributed by atoms with van der Waals surface area (Å²) in [6.07, 6.45) is 2.17. The van der Waals surface area contributed by atoms with E-state index < -0.39 is 4.92 Å². The standard InChI is InChI=1S/C11H12N4O3/c12-5-9-1-3-13-11(10(9)15(17)18)14-4-2-8(6-14)7-16/h1,3,8,16H,2,4,6-7H2. The van der Waals surface area contributed by atoms with E-state index in [9.17, 15) is 10.1 Å². The molecule has 18 heavy (non-hydrogen) atoms. The molecular formula is C11H12N4O3. The van der Waals surface area contributed by atoms with Crippen molar-refractivity contribution in [3.8, 4) is 6.07 Å². The number of pyridine rings is 1. The molecule has 94 valence electrons. The number of nitrogens with zero attached hydrogens (tertiary/aromatic N) is 4. The molecule has 1 unspecified atom stereocenters. The zero-order valence-electron chi connectivity index (χ0n) is 9.61. The fourth-order valence-electron chi connectivity index (χ4n) is 2.12. The zero-order chi connectivity index (χ0) is 13.1. The fraction of sp³-hybridized carbons (Fsp3) is 0.455. The van der Waals surface area contributed by atoms with Crippen LogP contribution in [-0.2, 0) is 0 Å². The van der Waals surface area contributed by atoms with Crippen LogP contribution in [-0.4, -0.2) is 34.7 Å². The lowest BCUT2D eigenvalue weighted by atomic mass is 10.1. The number of nitro groups is 1. The van der Waals surface area contributed by atoms with Crippen LogP contribution in [0.3, 0.4) is 0 Å². The maximum absolute atomic E-state index is 11.0. The Labute approximate surface area is 103 Å². The highest BCUT2D eigenvalue weighted by Gasteiger charge is 2.30. The summed E-state index contributed by atoms with van der Waals surface area (Å²) in [5, 5.41) is 29.0. The molecule has 1 N–H and O–H groups in total. The van der Waals surface area contributed by atoms with Crippen LogP contribution in [0.5, 0.6) is 0 Å². The first-order valence-corrected chi connectivity index (χ1v) is 5.56. The Morgan fingerprint density at radius 2 is 2.50 bits per heavy atom. The molecule has 1 aromatic heterocycles. The van der Waals surface area contributed by atoms with Crippen LogP contribution in [0.15, 0.2) is 12.3 Å². The van der Waals surface area contributed by atoms with Crippen LogP contribution in [0, 0.1) is 27.4 Å². The third-order valence-corrected chi connectivity index (χ3v) is 3.05. The van der Waals surface area contributed by atoms with Gasteiger partial charge < -0.3 is 10.0 Å². The van der Waals surface area contributed by atoms with Crippen molar-refractivity contribution in [2.45, 2.75) is 6.42 Å². The highest BCUT2D eigenvalue weighted by atomic mass is 16.6. The molecule has 1 fully saturated rings. The van der Waals surface area contributed by atoms with E-state index in [0.717, 1.165) is 6.42 Å². The van der Waals surface area contributed by atoms with E-state index in [-0.39, 0.29) is 29.6 Å². The molecular weight excluding hydrogens is 236 g/mol. The quantitative estimate of drug-likeness (QED) is 0.623. The summed E-state index contributed by atoms with van der Waals surface area (Å²) in [6.45, 7) is 1.19. The summed E-state index contributed by atoms with van der Waals surface area (Å²) < 4.78 is 0. The average Bonchev–Trinajstić information content (AvgIpc) is 2.86. The minimum absolute atomic E-state index is 0.0115. The van der Waals surface area contributed by atoms with Crippen LogP contribution >= 0.6 is 0 Å². The van der Waals surface area contributed by atoms with Gasteiger partial charge in [0.25, 0.3) is 0 Å². The molecule has 7 nitrogen and oxygen atoms in total. The van der Waals surface area contributed by atoms with Gasteiger partial charge in [0.1, 0.15) is 11.6 Å². The molecule has 0 aromatic carbocycles. The van der Waals surface area contributed by atoms with Crippen molar-refractivity contribution in [1.82, 2.24) is 4.98 Å². The molecule has 1 atom stereocenters. The molecule has 1 saturated heterocycles. The minimum atomic E-state index is -0.576. The van der Waals surface area contributed by atoms with Crippen LogP contribution in [0.4, 0.5) is 11.5 Å². The first kappa shape index (κ1) is 12.3. The molecule has 7 heteroatoms. The third kappa shape index (κ3) is 2.10.